The number of carbonyl (C=O) groups is 2. The molecule has 8 heteroatoms. The van der Waals surface area contributed by atoms with Crippen molar-refractivity contribution in [1.29, 1.82) is 0 Å². The van der Waals surface area contributed by atoms with Crippen LogP contribution < -0.4 is 10.1 Å². The monoisotopic (exact) mass is 380 g/mol. The first-order chi connectivity index (χ1) is 13.4. The molecule has 0 bridgehead atoms. The second kappa shape index (κ2) is 8.09. The summed E-state index contributed by atoms with van der Waals surface area (Å²) < 4.78 is 18.3. The zero-order chi connectivity index (χ0) is 20.1. The quantitative estimate of drug-likeness (QED) is 0.309. The third-order valence-electron chi connectivity index (χ3n) is 3.74. The van der Waals surface area contributed by atoms with Crippen LogP contribution in [0, 0.1) is 15.9 Å². The number of benzene rings is 3. The molecular formula is C20H13FN2O5. The van der Waals surface area contributed by atoms with Gasteiger partial charge in [0, 0.05) is 23.4 Å². The average molecular weight is 380 g/mol. The molecule has 0 aromatic heterocycles. The van der Waals surface area contributed by atoms with Gasteiger partial charge in [0.25, 0.3) is 5.91 Å². The molecule has 28 heavy (non-hydrogen) atoms. The van der Waals surface area contributed by atoms with E-state index in [0.717, 1.165) is 18.2 Å². The fraction of sp³-hybridized carbons (Fsp3) is 0. The van der Waals surface area contributed by atoms with E-state index in [-0.39, 0.29) is 11.5 Å². The fourth-order valence-corrected chi connectivity index (χ4v) is 2.36. The normalized spacial score (nSPS) is 10.2. The number of nitrogens with one attached hydrogen (secondary N) is 1. The van der Waals surface area contributed by atoms with Crippen LogP contribution in [-0.2, 0) is 0 Å². The number of rotatable bonds is 5. The van der Waals surface area contributed by atoms with Crippen molar-refractivity contribution in [2.24, 2.45) is 0 Å². The highest BCUT2D eigenvalue weighted by Gasteiger charge is 2.20. The second-order valence-corrected chi connectivity index (χ2v) is 5.66. The van der Waals surface area contributed by atoms with Crippen LogP contribution in [0.3, 0.4) is 0 Å². The predicted octanol–water partition coefficient (Wildman–Crippen LogP) is 4.21. The Balaban J connectivity index is 1.72. The van der Waals surface area contributed by atoms with Crippen molar-refractivity contribution in [3.8, 4) is 5.75 Å². The van der Waals surface area contributed by atoms with Crippen LogP contribution in [0.2, 0.25) is 0 Å². The van der Waals surface area contributed by atoms with Crippen molar-refractivity contribution in [3.05, 3.63) is 99.9 Å². The van der Waals surface area contributed by atoms with Gasteiger partial charge < -0.3 is 10.1 Å². The summed E-state index contributed by atoms with van der Waals surface area (Å²) >= 11 is 0. The van der Waals surface area contributed by atoms with Crippen LogP contribution in [0.25, 0.3) is 0 Å². The third kappa shape index (κ3) is 4.36. The molecule has 1 N–H and O–H groups in total. The van der Waals surface area contributed by atoms with Gasteiger partial charge in [-0.3, -0.25) is 14.9 Å². The molecule has 0 spiro atoms. The van der Waals surface area contributed by atoms with E-state index in [4.69, 9.17) is 4.74 Å². The van der Waals surface area contributed by atoms with Crippen LogP contribution in [0.15, 0.2) is 72.8 Å². The molecule has 0 fully saturated rings. The number of carbonyl (C=O) groups excluding carboxylic acids is 2. The number of nitrogens with zero attached hydrogens (tertiary/aromatic N) is 1. The third-order valence-corrected chi connectivity index (χ3v) is 3.74. The Morgan fingerprint density at radius 2 is 1.61 bits per heavy atom. The van der Waals surface area contributed by atoms with Gasteiger partial charge in [-0.1, -0.05) is 18.2 Å². The maximum Gasteiger partial charge on any atom is 0.343 e. The number of nitro groups is 1. The highest BCUT2D eigenvalue weighted by atomic mass is 19.1. The highest BCUT2D eigenvalue weighted by molar-refractivity contribution is 6.04. The molecule has 0 unspecified atom stereocenters. The van der Waals surface area contributed by atoms with E-state index in [0.29, 0.717) is 11.3 Å². The van der Waals surface area contributed by atoms with E-state index in [1.165, 1.54) is 24.3 Å². The molecule has 3 aromatic carbocycles. The Morgan fingerprint density at radius 3 is 2.25 bits per heavy atom. The summed E-state index contributed by atoms with van der Waals surface area (Å²) in [6.07, 6.45) is 0. The van der Waals surface area contributed by atoms with Crippen molar-refractivity contribution in [2.45, 2.75) is 0 Å². The number of hydrogen-bond acceptors (Lipinski definition) is 5. The Labute approximate surface area is 158 Å². The maximum atomic E-state index is 13.3. The topological polar surface area (TPSA) is 98.5 Å². The number of halogens is 1. The van der Waals surface area contributed by atoms with Gasteiger partial charge in [-0.05, 0) is 42.5 Å². The Morgan fingerprint density at radius 1 is 0.929 bits per heavy atom. The van der Waals surface area contributed by atoms with E-state index in [1.54, 1.807) is 30.3 Å². The molecular weight excluding hydrogens is 367 g/mol. The van der Waals surface area contributed by atoms with Crippen molar-refractivity contribution in [1.82, 2.24) is 0 Å². The lowest BCUT2D eigenvalue weighted by Crippen LogP contribution is -2.13. The Bertz CT molecular complexity index is 1040. The molecule has 0 radical (unpaired) electrons. The van der Waals surface area contributed by atoms with Crippen LogP contribution in [0.5, 0.6) is 5.75 Å². The van der Waals surface area contributed by atoms with Crippen LogP contribution in [0.4, 0.5) is 15.8 Å². The minimum absolute atomic E-state index is 0.0799. The van der Waals surface area contributed by atoms with Gasteiger partial charge in [0.2, 0.25) is 5.75 Å². The number of nitro benzene ring substituents is 1. The summed E-state index contributed by atoms with van der Waals surface area (Å²) in [6.45, 7) is 0. The molecule has 3 aromatic rings. The lowest BCUT2D eigenvalue weighted by Gasteiger charge is -2.07. The molecule has 0 saturated heterocycles. The smallest absolute Gasteiger partial charge is 0.343 e. The molecule has 140 valence electrons. The zero-order valence-electron chi connectivity index (χ0n) is 14.3. The molecule has 0 aliphatic carbocycles. The summed E-state index contributed by atoms with van der Waals surface area (Å²) in [7, 11) is 0. The summed E-state index contributed by atoms with van der Waals surface area (Å²) in [5.41, 5.74) is 0.476. The van der Waals surface area contributed by atoms with Crippen LogP contribution in [-0.4, -0.2) is 16.8 Å². The SMILES string of the molecule is O=C(Nc1ccc(C(=O)Oc2cc(F)ccc2[N+](=O)[O-])cc1)c1ccccc1. The average Bonchev–Trinajstić information content (AvgIpc) is 2.69. The number of amides is 1. The minimum atomic E-state index is -0.894. The van der Waals surface area contributed by atoms with E-state index >= 15 is 0 Å². The molecule has 0 aliphatic rings. The lowest BCUT2D eigenvalue weighted by atomic mass is 10.2. The predicted molar refractivity (Wildman–Crippen MR) is 98.9 cm³/mol. The Hall–Kier alpha value is -4.07. The second-order valence-electron chi connectivity index (χ2n) is 5.66. The van der Waals surface area contributed by atoms with Gasteiger partial charge in [0.05, 0.1) is 10.5 Å². The van der Waals surface area contributed by atoms with E-state index < -0.39 is 28.1 Å². The molecule has 0 atom stereocenters. The van der Waals surface area contributed by atoms with Gasteiger partial charge in [0.1, 0.15) is 5.82 Å². The molecule has 7 nitrogen and oxygen atoms in total. The zero-order valence-corrected chi connectivity index (χ0v) is 14.3. The Kier molecular flexibility index (Phi) is 5.40. The van der Waals surface area contributed by atoms with Crippen molar-refractivity contribution >= 4 is 23.3 Å². The lowest BCUT2D eigenvalue weighted by molar-refractivity contribution is -0.385. The fourth-order valence-electron chi connectivity index (χ4n) is 2.36. The van der Waals surface area contributed by atoms with Crippen molar-refractivity contribution in [3.63, 3.8) is 0 Å². The summed E-state index contributed by atoms with van der Waals surface area (Å²) in [5, 5.41) is 13.6. The van der Waals surface area contributed by atoms with E-state index in [1.807, 2.05) is 0 Å². The standard InChI is InChI=1S/C20H13FN2O5/c21-15-8-11-17(23(26)27)18(12-15)28-20(25)14-6-9-16(10-7-14)22-19(24)13-4-2-1-3-5-13/h1-12H,(H,22,24). The first kappa shape index (κ1) is 18.7. The van der Waals surface area contributed by atoms with Gasteiger partial charge >= 0.3 is 11.7 Å². The van der Waals surface area contributed by atoms with Gasteiger partial charge in [-0.15, -0.1) is 0 Å². The van der Waals surface area contributed by atoms with Crippen LogP contribution >= 0.6 is 0 Å². The molecule has 3 rings (SSSR count). The minimum Gasteiger partial charge on any atom is -0.415 e. The number of ether oxygens (including phenoxy) is 1. The molecule has 1 amide bonds. The molecule has 0 aliphatic heterocycles. The van der Waals surface area contributed by atoms with Gasteiger partial charge in [-0.2, -0.15) is 0 Å². The highest BCUT2D eigenvalue weighted by Crippen LogP contribution is 2.28. The number of anilines is 1. The van der Waals surface area contributed by atoms with Crippen LogP contribution in [0.1, 0.15) is 20.7 Å². The summed E-state index contributed by atoms with van der Waals surface area (Å²) in [6, 6.07) is 16.9. The van der Waals surface area contributed by atoms with Gasteiger partial charge in [-0.25, -0.2) is 9.18 Å². The number of hydrogen-bond donors (Lipinski definition) is 1. The number of esters is 1. The molecule has 0 saturated carbocycles. The summed E-state index contributed by atoms with van der Waals surface area (Å²) in [4.78, 5) is 34.5. The summed E-state index contributed by atoms with van der Waals surface area (Å²) in [5.74, 6) is -2.47. The van der Waals surface area contributed by atoms with Crippen molar-refractivity contribution < 1.29 is 23.6 Å². The van der Waals surface area contributed by atoms with E-state index in [2.05, 4.69) is 5.32 Å². The van der Waals surface area contributed by atoms with Gasteiger partial charge in [0.15, 0.2) is 0 Å². The maximum absolute atomic E-state index is 13.3. The molecule has 0 heterocycles. The first-order valence-electron chi connectivity index (χ1n) is 8.06. The van der Waals surface area contributed by atoms with Crippen molar-refractivity contribution in [2.75, 3.05) is 5.32 Å². The van der Waals surface area contributed by atoms with E-state index in [9.17, 15) is 24.1 Å². The first-order valence-corrected chi connectivity index (χ1v) is 8.06. The largest absolute Gasteiger partial charge is 0.415 e.